The van der Waals surface area contributed by atoms with E-state index in [4.69, 9.17) is 0 Å². The van der Waals surface area contributed by atoms with Crippen molar-refractivity contribution in [2.75, 3.05) is 0 Å². The molecule has 0 saturated carbocycles. The zero-order valence-electron chi connectivity index (χ0n) is 14.4. The van der Waals surface area contributed by atoms with E-state index in [1.165, 1.54) is 12.1 Å². The number of benzene rings is 1. The number of aromatic nitrogens is 5. The number of amides is 1. The van der Waals surface area contributed by atoms with Gasteiger partial charge in [0.05, 0.1) is 12.2 Å². The van der Waals surface area contributed by atoms with E-state index in [0.29, 0.717) is 12.2 Å². The van der Waals surface area contributed by atoms with Gasteiger partial charge in [-0.3, -0.25) is 9.36 Å². The summed E-state index contributed by atoms with van der Waals surface area (Å²) < 4.78 is 14.8. The minimum Gasteiger partial charge on any atom is -0.349 e. The van der Waals surface area contributed by atoms with Gasteiger partial charge in [-0.15, -0.1) is 10.2 Å². The molecule has 1 unspecified atom stereocenters. The first-order valence-electron chi connectivity index (χ1n) is 8.57. The fourth-order valence-corrected chi connectivity index (χ4v) is 3.35. The minimum absolute atomic E-state index is 0.00319. The van der Waals surface area contributed by atoms with Crippen LogP contribution < -0.4 is 5.32 Å². The number of hydrogen-bond acceptors (Lipinski definition) is 4. The molecule has 0 spiro atoms. The molecule has 0 radical (unpaired) electrons. The molecule has 1 aliphatic rings. The first-order valence-corrected chi connectivity index (χ1v) is 8.57. The Morgan fingerprint density at radius 1 is 1.38 bits per heavy atom. The average molecular weight is 354 g/mol. The summed E-state index contributed by atoms with van der Waals surface area (Å²) in [7, 11) is 0. The number of nitrogens with one attached hydrogen (secondary N) is 2. The largest absolute Gasteiger partial charge is 0.349 e. The highest BCUT2D eigenvalue weighted by molar-refractivity contribution is 5.79. The Morgan fingerprint density at radius 2 is 2.19 bits per heavy atom. The van der Waals surface area contributed by atoms with E-state index in [9.17, 15) is 9.18 Å². The van der Waals surface area contributed by atoms with Gasteiger partial charge in [-0.05, 0) is 44.0 Å². The number of halogens is 1. The monoisotopic (exact) mass is 354 g/mol. The number of rotatable bonds is 4. The number of aryl methyl sites for hydroxylation is 2. The predicted octanol–water partition coefficient (Wildman–Crippen LogP) is 1.86. The van der Waals surface area contributed by atoms with Gasteiger partial charge >= 0.3 is 0 Å². The molecule has 0 bridgehead atoms. The number of hydrogen-bond donors (Lipinski definition) is 2. The van der Waals surface area contributed by atoms with Crippen molar-refractivity contribution in [1.82, 2.24) is 30.0 Å². The normalized spacial score (nSPS) is 16.3. The van der Waals surface area contributed by atoms with Gasteiger partial charge in [0.15, 0.2) is 5.82 Å². The van der Waals surface area contributed by atoms with Crippen molar-refractivity contribution in [2.45, 2.75) is 32.7 Å². The highest BCUT2D eigenvalue weighted by atomic mass is 19.1. The van der Waals surface area contributed by atoms with Gasteiger partial charge in [0, 0.05) is 23.7 Å². The van der Waals surface area contributed by atoms with E-state index in [-0.39, 0.29) is 24.2 Å². The predicted molar refractivity (Wildman–Crippen MR) is 92.0 cm³/mol. The summed E-state index contributed by atoms with van der Waals surface area (Å²) in [6.45, 7) is 2.19. The van der Waals surface area contributed by atoms with Crippen molar-refractivity contribution in [3.63, 3.8) is 0 Å². The Hall–Kier alpha value is -3.03. The molecule has 4 rings (SSSR count). The Kier molecular flexibility index (Phi) is 4.24. The number of H-pyrrole nitrogens is 1. The van der Waals surface area contributed by atoms with E-state index in [0.717, 1.165) is 35.7 Å². The highest BCUT2D eigenvalue weighted by Gasteiger charge is 2.26. The van der Waals surface area contributed by atoms with Crippen LogP contribution in [-0.2, 0) is 24.2 Å². The van der Waals surface area contributed by atoms with E-state index >= 15 is 0 Å². The first kappa shape index (κ1) is 16.4. The van der Waals surface area contributed by atoms with Crippen LogP contribution in [0.2, 0.25) is 0 Å². The van der Waals surface area contributed by atoms with Crippen LogP contribution in [0, 0.1) is 18.7 Å². The smallest absolute Gasteiger partial charge is 0.223 e. The lowest BCUT2D eigenvalue weighted by Crippen LogP contribution is -2.34. The van der Waals surface area contributed by atoms with Crippen LogP contribution in [0.15, 0.2) is 30.6 Å². The maximum Gasteiger partial charge on any atom is 0.223 e. The summed E-state index contributed by atoms with van der Waals surface area (Å²) in [6, 6.07) is 6.05. The number of fused-ring (bicyclic) bond motifs is 1. The van der Waals surface area contributed by atoms with Gasteiger partial charge < -0.3 is 10.3 Å². The highest BCUT2D eigenvalue weighted by Crippen LogP contribution is 2.24. The lowest BCUT2D eigenvalue weighted by molar-refractivity contribution is -0.125. The number of nitrogens with zero attached hydrogens (tertiary/aromatic N) is 4. The van der Waals surface area contributed by atoms with Gasteiger partial charge in [-0.1, -0.05) is 0 Å². The number of carbonyl (C=O) groups excluding carboxylic acids is 1. The molecule has 7 nitrogen and oxygen atoms in total. The van der Waals surface area contributed by atoms with Crippen LogP contribution in [0.3, 0.4) is 0 Å². The fourth-order valence-electron chi connectivity index (χ4n) is 3.35. The molecule has 2 N–H and O–H groups in total. The molecule has 0 saturated heterocycles. The molecule has 2 aromatic heterocycles. The van der Waals surface area contributed by atoms with Gasteiger partial charge in [0.1, 0.15) is 18.0 Å². The molecule has 0 fully saturated rings. The van der Waals surface area contributed by atoms with Gasteiger partial charge in [-0.2, -0.15) is 0 Å². The Balaban J connectivity index is 1.41. The molecule has 3 aromatic rings. The van der Waals surface area contributed by atoms with Crippen LogP contribution in [-0.4, -0.2) is 30.6 Å². The van der Waals surface area contributed by atoms with Gasteiger partial charge in [0.2, 0.25) is 5.91 Å². The minimum atomic E-state index is -0.303. The Labute approximate surface area is 149 Å². The Bertz CT molecular complexity index is 930. The maximum absolute atomic E-state index is 13.1. The molecule has 2 heterocycles. The van der Waals surface area contributed by atoms with Crippen LogP contribution in [0.4, 0.5) is 4.39 Å². The van der Waals surface area contributed by atoms with E-state index in [1.807, 2.05) is 6.92 Å². The van der Waals surface area contributed by atoms with Crippen molar-refractivity contribution < 1.29 is 9.18 Å². The molecule has 8 heteroatoms. The maximum atomic E-state index is 13.1. The van der Waals surface area contributed by atoms with Crippen LogP contribution in [0.5, 0.6) is 0 Å². The molecular weight excluding hydrogens is 335 g/mol. The average Bonchev–Trinajstić information content (AvgIpc) is 3.25. The second kappa shape index (κ2) is 6.70. The summed E-state index contributed by atoms with van der Waals surface area (Å²) in [5, 5.41) is 10.9. The van der Waals surface area contributed by atoms with E-state index in [1.54, 1.807) is 23.0 Å². The summed E-state index contributed by atoms with van der Waals surface area (Å²) in [6.07, 6.45) is 3.82. The van der Waals surface area contributed by atoms with Crippen LogP contribution in [0.25, 0.3) is 5.69 Å². The lowest BCUT2D eigenvalue weighted by Gasteiger charge is -2.20. The molecular formula is C18H19FN6O. The summed E-state index contributed by atoms with van der Waals surface area (Å²) in [5.41, 5.74) is 2.88. The van der Waals surface area contributed by atoms with Crippen molar-refractivity contribution >= 4 is 5.91 Å². The van der Waals surface area contributed by atoms with Crippen LogP contribution in [0.1, 0.15) is 29.5 Å². The number of carbonyl (C=O) groups is 1. The second-order valence-corrected chi connectivity index (χ2v) is 6.50. The van der Waals surface area contributed by atoms with E-state index in [2.05, 4.69) is 25.5 Å². The molecule has 0 aliphatic heterocycles. The van der Waals surface area contributed by atoms with Crippen molar-refractivity contribution in [1.29, 1.82) is 0 Å². The molecule has 1 atom stereocenters. The van der Waals surface area contributed by atoms with Gasteiger partial charge in [-0.25, -0.2) is 9.37 Å². The summed E-state index contributed by atoms with van der Waals surface area (Å²) in [5.74, 6) is 1.10. The van der Waals surface area contributed by atoms with Gasteiger partial charge in [0.25, 0.3) is 0 Å². The lowest BCUT2D eigenvalue weighted by atomic mass is 9.89. The standard InChI is InChI=1S/C18H19FN6O/c1-11-22-15-7-2-12(8-16(15)23-11)18(26)20-9-17-24-21-10-25(17)14-5-3-13(19)4-6-14/h3-6,10,12H,2,7-9H2,1H3,(H,20,26)(H,22,23). The Morgan fingerprint density at radius 3 is 3.00 bits per heavy atom. The summed E-state index contributed by atoms with van der Waals surface area (Å²) >= 11 is 0. The second-order valence-electron chi connectivity index (χ2n) is 6.50. The number of aromatic amines is 1. The molecule has 134 valence electrons. The zero-order chi connectivity index (χ0) is 18.1. The molecule has 26 heavy (non-hydrogen) atoms. The number of imidazole rings is 1. The SMILES string of the molecule is Cc1nc2c([nH]1)CC(C(=O)NCc1nncn1-c1ccc(F)cc1)CC2. The quantitative estimate of drug-likeness (QED) is 0.748. The third kappa shape index (κ3) is 3.22. The molecule has 1 amide bonds. The summed E-state index contributed by atoms with van der Waals surface area (Å²) in [4.78, 5) is 20.2. The fraction of sp³-hybridized carbons (Fsp3) is 0.333. The van der Waals surface area contributed by atoms with Crippen LogP contribution >= 0.6 is 0 Å². The van der Waals surface area contributed by atoms with Crippen molar-refractivity contribution in [3.05, 3.63) is 59.4 Å². The first-order chi connectivity index (χ1) is 12.6. The van der Waals surface area contributed by atoms with Crippen molar-refractivity contribution in [2.24, 2.45) is 5.92 Å². The topological polar surface area (TPSA) is 88.5 Å². The molecule has 1 aliphatic carbocycles. The zero-order valence-corrected chi connectivity index (χ0v) is 14.4. The third-order valence-corrected chi connectivity index (χ3v) is 4.68. The molecule has 1 aromatic carbocycles. The van der Waals surface area contributed by atoms with E-state index < -0.39 is 0 Å². The van der Waals surface area contributed by atoms with Crippen molar-refractivity contribution in [3.8, 4) is 5.69 Å². The third-order valence-electron chi connectivity index (χ3n) is 4.68.